The molecule has 0 aromatic heterocycles. The van der Waals surface area contributed by atoms with Gasteiger partial charge in [-0.1, -0.05) is 68.8 Å². The van der Waals surface area contributed by atoms with Crippen LogP contribution in [0.3, 0.4) is 0 Å². The normalized spacial score (nSPS) is 23.7. The Balaban J connectivity index is 1.92. The van der Waals surface area contributed by atoms with Gasteiger partial charge in [0.15, 0.2) is 6.10 Å². The van der Waals surface area contributed by atoms with E-state index in [0.717, 1.165) is 0 Å². The van der Waals surface area contributed by atoms with Crippen LogP contribution < -0.4 is 21.1 Å². The van der Waals surface area contributed by atoms with E-state index < -0.39 is 71.1 Å². The van der Waals surface area contributed by atoms with Crippen LogP contribution in [0.2, 0.25) is 5.02 Å². The molecular formula is C39H53Cl2N3O10. The molecule has 54 heavy (non-hydrogen) atoms. The zero-order valence-corrected chi connectivity index (χ0v) is 33.1. The fourth-order valence-electron chi connectivity index (χ4n) is 5.62. The predicted molar refractivity (Wildman–Crippen MR) is 203 cm³/mol. The molecule has 0 spiro atoms. The van der Waals surface area contributed by atoms with Crippen LogP contribution in [0.5, 0.6) is 5.75 Å². The Bertz CT molecular complexity index is 1600. The van der Waals surface area contributed by atoms with Crippen molar-refractivity contribution in [1.82, 2.24) is 10.6 Å². The van der Waals surface area contributed by atoms with Gasteiger partial charge in [0.25, 0.3) is 0 Å². The van der Waals surface area contributed by atoms with Crippen molar-refractivity contribution < 1.29 is 48.3 Å². The molecule has 2 aromatic carbocycles. The number of methoxy groups -OCH3 is 1. The predicted octanol–water partition coefficient (Wildman–Crippen LogP) is 4.12. The van der Waals surface area contributed by atoms with Crippen LogP contribution in [0.1, 0.15) is 69.5 Å². The quantitative estimate of drug-likeness (QED) is 0.0895. The summed E-state index contributed by atoms with van der Waals surface area (Å²) >= 11 is 13.1. The molecule has 0 saturated heterocycles. The first-order chi connectivity index (χ1) is 25.4. The van der Waals surface area contributed by atoms with Crippen LogP contribution in [0.25, 0.3) is 0 Å². The lowest BCUT2D eigenvalue weighted by molar-refractivity contribution is -0.180. The van der Waals surface area contributed by atoms with Crippen molar-refractivity contribution in [2.75, 3.05) is 20.2 Å². The lowest BCUT2D eigenvalue weighted by Gasteiger charge is -2.32. The second-order valence-corrected chi connectivity index (χ2v) is 15.3. The molecule has 1 unspecified atom stereocenters. The van der Waals surface area contributed by atoms with Gasteiger partial charge in [-0.2, -0.15) is 0 Å². The minimum atomic E-state index is -1.32. The molecule has 1 aliphatic rings. The second kappa shape index (κ2) is 20.8. The molecule has 7 atom stereocenters. The number of halogens is 2. The number of amides is 1. The molecule has 15 heteroatoms. The van der Waals surface area contributed by atoms with Crippen molar-refractivity contribution >= 4 is 47.0 Å². The van der Waals surface area contributed by atoms with E-state index >= 15 is 0 Å². The highest BCUT2D eigenvalue weighted by molar-refractivity contribution is 6.32. The first-order valence-electron chi connectivity index (χ1n) is 17.8. The molecule has 6 N–H and O–H groups in total. The molecule has 0 bridgehead atoms. The van der Waals surface area contributed by atoms with Crippen molar-refractivity contribution in [3.05, 3.63) is 76.3 Å². The molecule has 1 amide bonds. The minimum Gasteiger partial charge on any atom is -0.495 e. The molecule has 3 rings (SSSR count). The Kier molecular flexibility index (Phi) is 17.2. The Morgan fingerprint density at radius 2 is 1.74 bits per heavy atom. The van der Waals surface area contributed by atoms with Crippen LogP contribution in [-0.4, -0.2) is 84.8 Å². The molecule has 1 heterocycles. The van der Waals surface area contributed by atoms with Gasteiger partial charge in [0.2, 0.25) is 5.91 Å². The number of alkyl halides is 1. The summed E-state index contributed by atoms with van der Waals surface area (Å²) in [5, 5.41) is 27.6. The molecular weight excluding hydrogens is 741 g/mol. The lowest BCUT2D eigenvalue weighted by atomic mass is 9.90. The van der Waals surface area contributed by atoms with Crippen LogP contribution >= 0.6 is 23.2 Å². The zero-order chi connectivity index (χ0) is 40.2. The van der Waals surface area contributed by atoms with Crippen LogP contribution in [0.15, 0.2) is 54.6 Å². The first kappa shape index (κ1) is 44.7. The van der Waals surface area contributed by atoms with Gasteiger partial charge in [0.1, 0.15) is 24.7 Å². The highest BCUT2D eigenvalue weighted by Crippen LogP contribution is 2.33. The molecule has 13 nitrogen and oxygen atoms in total. The summed E-state index contributed by atoms with van der Waals surface area (Å²) in [4.78, 5) is 52.2. The van der Waals surface area contributed by atoms with Crippen LogP contribution in [0, 0.1) is 17.3 Å². The van der Waals surface area contributed by atoms with Gasteiger partial charge < -0.3 is 40.2 Å². The number of carbonyl (C=O) groups is 4. The highest BCUT2D eigenvalue weighted by atomic mass is 35.5. The van der Waals surface area contributed by atoms with Crippen molar-refractivity contribution in [3.63, 3.8) is 0 Å². The van der Waals surface area contributed by atoms with E-state index in [-0.39, 0.29) is 44.9 Å². The van der Waals surface area contributed by atoms with Crippen molar-refractivity contribution in [2.24, 2.45) is 23.0 Å². The number of carbonyl (C=O) groups excluding carboxylic acids is 4. The van der Waals surface area contributed by atoms with Gasteiger partial charge in [-0.25, -0.2) is 4.79 Å². The van der Waals surface area contributed by atoms with Gasteiger partial charge in [-0.05, 0) is 67.5 Å². The standard InChI is InChI=1S/C39H53Cl2N3O10/c1-22(2)16-31-37(49)53-29(23(3)35(47)34(41)26-13-10-24(11-14-26)20-52-33(46)19-42)8-7-9-32(45)44-28(18-25-12-15-30(51-6)27(40)17-25)36(48)43-21-39(4,5)38(50)54-31/h7,9-15,17,22-23,28-29,31-32,34-35,44-45,47H,8,16,18-21,42H2,1-6H3,(H,43,48)/b9-7+/t23-,28+,29-,31-,32?,34-,35+/m0/s1. The second-order valence-electron chi connectivity index (χ2n) is 14.5. The third-order valence-electron chi connectivity index (χ3n) is 9.04. The number of nitrogens with two attached hydrogens (primary N) is 1. The molecule has 0 fully saturated rings. The smallest absolute Gasteiger partial charge is 0.347 e. The lowest BCUT2D eigenvalue weighted by Crippen LogP contribution is -2.52. The molecule has 298 valence electrons. The van der Waals surface area contributed by atoms with Gasteiger partial charge in [0, 0.05) is 18.9 Å². The average molecular weight is 795 g/mol. The van der Waals surface area contributed by atoms with Gasteiger partial charge >= 0.3 is 17.9 Å². The van der Waals surface area contributed by atoms with Gasteiger partial charge in [-0.3, -0.25) is 19.7 Å². The summed E-state index contributed by atoms with van der Waals surface area (Å²) in [5.41, 5.74) is 5.98. The maximum atomic E-state index is 13.7. The summed E-state index contributed by atoms with van der Waals surface area (Å²) in [7, 11) is 1.49. The van der Waals surface area contributed by atoms with E-state index in [1.165, 1.54) is 13.2 Å². The molecule has 1 aliphatic heterocycles. The molecule has 2 aromatic rings. The van der Waals surface area contributed by atoms with Crippen LogP contribution in [0.4, 0.5) is 0 Å². The Morgan fingerprint density at radius 1 is 1.07 bits per heavy atom. The van der Waals surface area contributed by atoms with Gasteiger partial charge in [-0.15, -0.1) is 11.6 Å². The van der Waals surface area contributed by atoms with E-state index in [9.17, 15) is 29.4 Å². The Labute approximate surface area is 326 Å². The van der Waals surface area contributed by atoms with Gasteiger partial charge in [0.05, 0.1) is 41.6 Å². The number of aliphatic hydroxyl groups excluding tert-OH is 2. The molecule has 0 radical (unpaired) electrons. The zero-order valence-electron chi connectivity index (χ0n) is 31.6. The summed E-state index contributed by atoms with van der Waals surface area (Å²) in [6.07, 6.45) is -1.53. The SMILES string of the molecule is COc1ccc(C[C@H]2NC(O)/C=C/C[C@@H]([C@H](C)[C@@H](O)[C@@H](Cl)c3ccc(COC(=O)CN)cc3)OC(=O)[C@H](CC(C)C)OC(=O)C(C)(C)CNC2=O)cc1Cl. The maximum Gasteiger partial charge on any atom is 0.347 e. The maximum absolute atomic E-state index is 13.7. The van der Waals surface area contributed by atoms with E-state index in [4.69, 9.17) is 47.9 Å². The van der Waals surface area contributed by atoms with Crippen molar-refractivity contribution in [3.8, 4) is 5.75 Å². The highest BCUT2D eigenvalue weighted by Gasteiger charge is 2.38. The Hall–Kier alpha value is -3.72. The fourth-order valence-corrected chi connectivity index (χ4v) is 6.27. The summed E-state index contributed by atoms with van der Waals surface area (Å²) in [5.74, 6) is -2.93. The number of hydrogen-bond acceptors (Lipinski definition) is 12. The number of cyclic esters (lactones) is 2. The van der Waals surface area contributed by atoms with E-state index in [1.807, 2.05) is 13.8 Å². The molecule has 0 saturated carbocycles. The number of aliphatic hydroxyl groups is 2. The van der Waals surface area contributed by atoms with E-state index in [0.29, 0.717) is 27.5 Å². The number of hydrogen-bond donors (Lipinski definition) is 5. The Morgan fingerprint density at radius 3 is 2.35 bits per heavy atom. The van der Waals surface area contributed by atoms with Crippen molar-refractivity contribution in [1.29, 1.82) is 0 Å². The number of esters is 3. The average Bonchev–Trinajstić information content (AvgIpc) is 3.13. The largest absolute Gasteiger partial charge is 0.495 e. The monoisotopic (exact) mass is 793 g/mol. The first-order valence-corrected chi connectivity index (χ1v) is 18.7. The molecule has 0 aliphatic carbocycles. The topological polar surface area (TPSA) is 196 Å². The number of ether oxygens (including phenoxy) is 4. The van der Waals surface area contributed by atoms with Crippen molar-refractivity contribution in [2.45, 2.75) is 96.4 Å². The number of benzene rings is 2. The third kappa shape index (κ3) is 13.2. The summed E-state index contributed by atoms with van der Waals surface area (Å²) in [6, 6.07) is 10.9. The number of rotatable bonds is 12. The van der Waals surface area contributed by atoms with E-state index in [1.54, 1.807) is 69.3 Å². The van der Waals surface area contributed by atoms with Crippen LogP contribution in [-0.2, 0) is 46.4 Å². The fraction of sp³-hybridized carbons (Fsp3) is 0.538. The summed E-state index contributed by atoms with van der Waals surface area (Å²) < 4.78 is 22.0. The minimum absolute atomic E-state index is 0.0217. The van der Waals surface area contributed by atoms with E-state index in [2.05, 4.69) is 10.6 Å². The summed E-state index contributed by atoms with van der Waals surface area (Å²) in [6.45, 7) is 8.23. The number of nitrogens with one attached hydrogen (secondary N) is 2. The third-order valence-corrected chi connectivity index (χ3v) is 9.85.